The maximum Gasteiger partial charge on any atom is 0.169 e. The van der Waals surface area contributed by atoms with Crippen LogP contribution in [0.5, 0.6) is 0 Å². The van der Waals surface area contributed by atoms with E-state index in [1.165, 1.54) is 0 Å². The lowest BCUT2D eigenvalue weighted by atomic mass is 10.2. The predicted octanol–water partition coefficient (Wildman–Crippen LogP) is 1.66. The van der Waals surface area contributed by atoms with Crippen molar-refractivity contribution in [1.29, 1.82) is 0 Å². The van der Waals surface area contributed by atoms with E-state index in [4.69, 9.17) is 17.3 Å². The molecule has 3 N–H and O–H groups in total. The van der Waals surface area contributed by atoms with Crippen LogP contribution in [0.25, 0.3) is 0 Å². The summed E-state index contributed by atoms with van der Waals surface area (Å²) in [7, 11) is 1.82. The van der Waals surface area contributed by atoms with E-state index in [0.717, 1.165) is 5.69 Å². The zero-order valence-electron chi connectivity index (χ0n) is 8.81. The standard InChI is InChI=1S/C10H12ClN5/c1-16-6-14-9(15-16)5-13-10-7(11)3-2-4-8(10)12/h2-4,6,13H,5,12H2,1H3. The molecular weight excluding hydrogens is 226 g/mol. The summed E-state index contributed by atoms with van der Waals surface area (Å²) in [6.07, 6.45) is 1.65. The highest BCUT2D eigenvalue weighted by molar-refractivity contribution is 6.33. The van der Waals surface area contributed by atoms with Crippen molar-refractivity contribution in [1.82, 2.24) is 14.8 Å². The number of hydrogen-bond donors (Lipinski definition) is 2. The third-order valence-electron chi connectivity index (χ3n) is 2.12. The number of para-hydroxylation sites is 1. The van der Waals surface area contributed by atoms with Gasteiger partial charge in [0.25, 0.3) is 0 Å². The summed E-state index contributed by atoms with van der Waals surface area (Å²) in [4.78, 5) is 4.10. The number of aromatic nitrogens is 3. The SMILES string of the molecule is Cn1cnc(CNc2c(N)cccc2Cl)n1. The smallest absolute Gasteiger partial charge is 0.169 e. The molecule has 6 heteroatoms. The first-order valence-corrected chi connectivity index (χ1v) is 5.17. The number of nitrogens with two attached hydrogens (primary N) is 1. The Morgan fingerprint density at radius 3 is 2.94 bits per heavy atom. The minimum absolute atomic E-state index is 0.495. The first-order valence-electron chi connectivity index (χ1n) is 4.79. The van der Waals surface area contributed by atoms with Crippen molar-refractivity contribution in [2.75, 3.05) is 11.1 Å². The van der Waals surface area contributed by atoms with Crippen LogP contribution in [0.4, 0.5) is 11.4 Å². The molecule has 0 amide bonds. The van der Waals surface area contributed by atoms with Crippen molar-refractivity contribution in [3.05, 3.63) is 35.4 Å². The van der Waals surface area contributed by atoms with Gasteiger partial charge in [-0.1, -0.05) is 17.7 Å². The summed E-state index contributed by atoms with van der Waals surface area (Å²) >= 11 is 6.01. The molecule has 2 aromatic rings. The predicted molar refractivity (Wildman–Crippen MR) is 64.2 cm³/mol. The first kappa shape index (κ1) is 10.8. The van der Waals surface area contributed by atoms with Gasteiger partial charge in [-0.05, 0) is 12.1 Å². The van der Waals surface area contributed by atoms with E-state index in [-0.39, 0.29) is 0 Å². The van der Waals surface area contributed by atoms with Crippen LogP contribution in [-0.4, -0.2) is 14.8 Å². The molecule has 0 aliphatic rings. The van der Waals surface area contributed by atoms with Crippen molar-refractivity contribution >= 4 is 23.0 Å². The lowest BCUT2D eigenvalue weighted by molar-refractivity contribution is 0.747. The lowest BCUT2D eigenvalue weighted by Crippen LogP contribution is -2.05. The normalized spacial score (nSPS) is 10.4. The molecule has 0 radical (unpaired) electrons. The molecule has 1 heterocycles. The molecule has 1 aromatic carbocycles. The van der Waals surface area contributed by atoms with Gasteiger partial charge < -0.3 is 11.1 Å². The van der Waals surface area contributed by atoms with Crippen LogP contribution >= 0.6 is 11.6 Å². The first-order chi connectivity index (χ1) is 7.66. The molecule has 5 nitrogen and oxygen atoms in total. The van der Waals surface area contributed by atoms with Crippen LogP contribution in [0.15, 0.2) is 24.5 Å². The topological polar surface area (TPSA) is 68.8 Å². The molecule has 16 heavy (non-hydrogen) atoms. The van der Waals surface area contributed by atoms with Crippen LogP contribution in [-0.2, 0) is 13.6 Å². The van der Waals surface area contributed by atoms with Crippen molar-refractivity contribution < 1.29 is 0 Å². The molecule has 0 atom stereocenters. The van der Waals surface area contributed by atoms with E-state index >= 15 is 0 Å². The van der Waals surface area contributed by atoms with Crippen LogP contribution < -0.4 is 11.1 Å². The minimum atomic E-state index is 0.495. The Bertz CT molecular complexity index is 473. The maximum absolute atomic E-state index is 6.01. The number of rotatable bonds is 3. The summed E-state index contributed by atoms with van der Waals surface area (Å²) in [6.45, 7) is 0.495. The fourth-order valence-electron chi connectivity index (χ4n) is 1.36. The molecule has 2 rings (SSSR count). The molecular formula is C10H12ClN5. The Balaban J connectivity index is 2.10. The van der Waals surface area contributed by atoms with Crippen molar-refractivity contribution in [2.45, 2.75) is 6.54 Å². The zero-order valence-corrected chi connectivity index (χ0v) is 9.57. The van der Waals surface area contributed by atoms with E-state index in [0.29, 0.717) is 23.1 Å². The largest absolute Gasteiger partial charge is 0.397 e. The highest BCUT2D eigenvalue weighted by Crippen LogP contribution is 2.27. The Hall–Kier alpha value is -1.75. The van der Waals surface area contributed by atoms with Gasteiger partial charge in [0, 0.05) is 7.05 Å². The van der Waals surface area contributed by atoms with Gasteiger partial charge in [-0.3, -0.25) is 4.68 Å². The quantitative estimate of drug-likeness (QED) is 0.797. The number of halogens is 1. The van der Waals surface area contributed by atoms with Crippen LogP contribution in [0.3, 0.4) is 0 Å². The van der Waals surface area contributed by atoms with E-state index in [1.54, 1.807) is 23.1 Å². The van der Waals surface area contributed by atoms with Gasteiger partial charge in [0.15, 0.2) is 5.82 Å². The lowest BCUT2D eigenvalue weighted by Gasteiger charge is -2.08. The van der Waals surface area contributed by atoms with Crippen molar-refractivity contribution in [3.63, 3.8) is 0 Å². The fourth-order valence-corrected chi connectivity index (χ4v) is 1.61. The van der Waals surface area contributed by atoms with E-state index in [1.807, 2.05) is 13.1 Å². The highest BCUT2D eigenvalue weighted by Gasteiger charge is 2.05. The second kappa shape index (κ2) is 4.40. The number of nitrogen functional groups attached to an aromatic ring is 1. The number of aryl methyl sites for hydroxylation is 1. The average molecular weight is 238 g/mol. The second-order valence-electron chi connectivity index (χ2n) is 3.39. The highest BCUT2D eigenvalue weighted by atomic mass is 35.5. The summed E-state index contributed by atoms with van der Waals surface area (Å²) < 4.78 is 1.65. The Kier molecular flexibility index (Phi) is 2.96. The molecule has 0 aliphatic carbocycles. The van der Waals surface area contributed by atoms with Gasteiger partial charge in [-0.15, -0.1) is 0 Å². The molecule has 84 valence electrons. The third kappa shape index (κ3) is 2.25. The molecule has 0 unspecified atom stereocenters. The van der Waals surface area contributed by atoms with Crippen LogP contribution in [0.2, 0.25) is 5.02 Å². The molecule has 0 saturated carbocycles. The van der Waals surface area contributed by atoms with Crippen LogP contribution in [0, 0.1) is 0 Å². The number of nitrogens with zero attached hydrogens (tertiary/aromatic N) is 3. The van der Waals surface area contributed by atoms with Gasteiger partial charge in [0.05, 0.1) is 22.9 Å². The minimum Gasteiger partial charge on any atom is -0.397 e. The summed E-state index contributed by atoms with van der Waals surface area (Å²) in [6, 6.07) is 5.38. The molecule has 0 aliphatic heterocycles. The van der Waals surface area contributed by atoms with Crippen LogP contribution in [0.1, 0.15) is 5.82 Å². The number of benzene rings is 1. The Morgan fingerprint density at radius 2 is 2.31 bits per heavy atom. The number of anilines is 2. The Morgan fingerprint density at radius 1 is 1.50 bits per heavy atom. The van der Waals surface area contributed by atoms with Crippen molar-refractivity contribution in [3.8, 4) is 0 Å². The van der Waals surface area contributed by atoms with E-state index in [2.05, 4.69) is 15.4 Å². The van der Waals surface area contributed by atoms with E-state index < -0.39 is 0 Å². The zero-order chi connectivity index (χ0) is 11.5. The average Bonchev–Trinajstić information content (AvgIpc) is 2.63. The Labute approximate surface area is 98.2 Å². The fraction of sp³-hybridized carbons (Fsp3) is 0.200. The van der Waals surface area contributed by atoms with Crippen molar-refractivity contribution in [2.24, 2.45) is 7.05 Å². The van der Waals surface area contributed by atoms with Gasteiger partial charge in [0.1, 0.15) is 6.33 Å². The van der Waals surface area contributed by atoms with Gasteiger partial charge >= 0.3 is 0 Å². The summed E-state index contributed by atoms with van der Waals surface area (Å²) in [5, 5.41) is 7.85. The molecule has 0 fully saturated rings. The maximum atomic E-state index is 6.01. The second-order valence-corrected chi connectivity index (χ2v) is 3.80. The van der Waals surface area contributed by atoms with Gasteiger partial charge in [-0.2, -0.15) is 5.10 Å². The molecule has 0 bridgehead atoms. The number of nitrogens with one attached hydrogen (secondary N) is 1. The van der Waals surface area contributed by atoms with Gasteiger partial charge in [0.2, 0.25) is 0 Å². The third-order valence-corrected chi connectivity index (χ3v) is 2.43. The molecule has 1 aromatic heterocycles. The monoisotopic (exact) mass is 237 g/mol. The van der Waals surface area contributed by atoms with E-state index in [9.17, 15) is 0 Å². The number of hydrogen-bond acceptors (Lipinski definition) is 4. The van der Waals surface area contributed by atoms with Gasteiger partial charge in [-0.25, -0.2) is 4.98 Å². The summed E-state index contributed by atoms with van der Waals surface area (Å²) in [5.41, 5.74) is 7.13. The summed E-state index contributed by atoms with van der Waals surface area (Å²) in [5.74, 6) is 0.696. The molecule has 0 saturated heterocycles. The molecule has 0 spiro atoms.